The number of nitrogens with zero attached hydrogens (tertiary/aromatic N) is 2. The maximum atomic E-state index is 12.5. The summed E-state index contributed by atoms with van der Waals surface area (Å²) in [5.41, 5.74) is 1.86. The van der Waals surface area contributed by atoms with Gasteiger partial charge >= 0.3 is 6.03 Å². The number of hydrogen-bond acceptors (Lipinski definition) is 3. The highest BCUT2D eigenvalue weighted by Crippen LogP contribution is 2.24. The summed E-state index contributed by atoms with van der Waals surface area (Å²) in [7, 11) is 0. The van der Waals surface area contributed by atoms with E-state index in [9.17, 15) is 4.79 Å². The number of nitrogens with one attached hydrogen (secondary N) is 1. The molecule has 1 aromatic carbocycles. The molecule has 5 nitrogen and oxygen atoms in total. The third-order valence-electron chi connectivity index (χ3n) is 4.55. The van der Waals surface area contributed by atoms with Gasteiger partial charge in [-0.2, -0.15) is 0 Å². The number of rotatable bonds is 4. The molecule has 1 fully saturated rings. The van der Waals surface area contributed by atoms with E-state index in [-0.39, 0.29) is 6.03 Å². The molecule has 2 aliphatic rings. The van der Waals surface area contributed by atoms with E-state index in [2.05, 4.69) is 22.4 Å². The Labute approximate surface area is 137 Å². The van der Waals surface area contributed by atoms with Crippen LogP contribution in [0, 0.1) is 6.92 Å². The molecule has 1 aromatic rings. The van der Waals surface area contributed by atoms with Gasteiger partial charge in [0.05, 0.1) is 6.61 Å². The first-order valence-electron chi connectivity index (χ1n) is 8.36. The second kappa shape index (κ2) is 7.04. The van der Waals surface area contributed by atoms with Crippen LogP contribution >= 0.6 is 0 Å². The second-order valence-electron chi connectivity index (χ2n) is 6.16. The monoisotopic (exact) mass is 315 g/mol. The minimum Gasteiger partial charge on any atom is -0.494 e. The lowest BCUT2D eigenvalue weighted by atomic mass is 10.2. The van der Waals surface area contributed by atoms with Crippen LogP contribution in [0.3, 0.4) is 0 Å². The second-order valence-corrected chi connectivity index (χ2v) is 6.16. The molecule has 0 spiro atoms. The van der Waals surface area contributed by atoms with Crippen LogP contribution in [0.1, 0.15) is 18.9 Å². The summed E-state index contributed by atoms with van der Waals surface area (Å²) in [5.74, 6) is 0.827. The van der Waals surface area contributed by atoms with E-state index in [0.29, 0.717) is 12.6 Å². The number of amides is 2. The summed E-state index contributed by atoms with van der Waals surface area (Å²) in [6.45, 7) is 8.23. The summed E-state index contributed by atoms with van der Waals surface area (Å²) in [5, 5.41) is 2.99. The molecule has 5 heteroatoms. The van der Waals surface area contributed by atoms with Gasteiger partial charge in [-0.15, -0.1) is 0 Å². The molecule has 0 bridgehead atoms. The van der Waals surface area contributed by atoms with E-state index in [0.717, 1.165) is 49.6 Å². The number of hydrogen-bond donors (Lipinski definition) is 1. The van der Waals surface area contributed by atoms with Crippen molar-refractivity contribution in [3.05, 3.63) is 35.9 Å². The van der Waals surface area contributed by atoms with Crippen molar-refractivity contribution in [2.75, 3.05) is 38.1 Å². The van der Waals surface area contributed by atoms with Crippen molar-refractivity contribution in [2.45, 2.75) is 26.3 Å². The molecule has 3 rings (SSSR count). The highest BCUT2D eigenvalue weighted by atomic mass is 16.5. The SMILES string of the molecule is CCOc1cc(NC(=O)N2CC[C@H](N3CC=CC3)C2)ccc1C. The van der Waals surface area contributed by atoms with Gasteiger partial charge in [-0.05, 0) is 31.9 Å². The van der Waals surface area contributed by atoms with Gasteiger partial charge < -0.3 is 15.0 Å². The molecule has 0 unspecified atom stereocenters. The van der Waals surface area contributed by atoms with E-state index in [1.165, 1.54) is 0 Å². The zero-order valence-electron chi connectivity index (χ0n) is 13.9. The van der Waals surface area contributed by atoms with Crippen LogP contribution in [-0.4, -0.2) is 54.7 Å². The zero-order valence-corrected chi connectivity index (χ0v) is 13.9. The number of aryl methyl sites for hydroxylation is 1. The summed E-state index contributed by atoms with van der Waals surface area (Å²) in [6, 6.07) is 6.25. The molecule has 1 N–H and O–H groups in total. The third kappa shape index (κ3) is 3.67. The van der Waals surface area contributed by atoms with Crippen LogP contribution in [0.25, 0.3) is 0 Å². The molecule has 1 atom stereocenters. The van der Waals surface area contributed by atoms with Crippen molar-refractivity contribution < 1.29 is 9.53 Å². The molecular weight excluding hydrogens is 290 g/mol. The predicted octanol–water partition coefficient (Wildman–Crippen LogP) is 2.87. The number of ether oxygens (including phenoxy) is 1. The zero-order chi connectivity index (χ0) is 16.2. The Morgan fingerprint density at radius 1 is 1.35 bits per heavy atom. The summed E-state index contributed by atoms with van der Waals surface area (Å²) < 4.78 is 5.59. The Kier molecular flexibility index (Phi) is 4.86. The molecule has 23 heavy (non-hydrogen) atoms. The standard InChI is InChI=1S/C18H25N3O2/c1-3-23-17-12-15(7-6-14(17)2)19-18(22)21-11-8-16(13-21)20-9-4-5-10-20/h4-7,12,16H,3,8-11,13H2,1-2H3,(H,19,22)/t16-/m0/s1. The topological polar surface area (TPSA) is 44.8 Å². The highest BCUT2D eigenvalue weighted by molar-refractivity contribution is 5.89. The molecule has 1 saturated heterocycles. The Bertz CT molecular complexity index is 592. The molecule has 2 amide bonds. The largest absolute Gasteiger partial charge is 0.494 e. The first-order chi connectivity index (χ1) is 11.2. The number of benzene rings is 1. The fraction of sp³-hybridized carbons (Fsp3) is 0.500. The highest BCUT2D eigenvalue weighted by Gasteiger charge is 2.30. The lowest BCUT2D eigenvalue weighted by molar-refractivity contribution is 0.212. The van der Waals surface area contributed by atoms with Crippen molar-refractivity contribution in [3.8, 4) is 5.75 Å². The van der Waals surface area contributed by atoms with Crippen LogP contribution in [0.2, 0.25) is 0 Å². The van der Waals surface area contributed by atoms with Crippen molar-refractivity contribution in [3.63, 3.8) is 0 Å². The minimum absolute atomic E-state index is 0.0223. The summed E-state index contributed by atoms with van der Waals surface area (Å²) in [4.78, 5) is 16.8. The molecular formula is C18H25N3O2. The Morgan fingerprint density at radius 3 is 2.87 bits per heavy atom. The first-order valence-corrected chi connectivity index (χ1v) is 8.36. The van der Waals surface area contributed by atoms with E-state index >= 15 is 0 Å². The van der Waals surface area contributed by atoms with Gasteiger partial charge in [0.1, 0.15) is 5.75 Å². The van der Waals surface area contributed by atoms with Gasteiger partial charge in [0.2, 0.25) is 0 Å². The van der Waals surface area contributed by atoms with Crippen LogP contribution < -0.4 is 10.1 Å². The molecule has 124 valence electrons. The fourth-order valence-corrected chi connectivity index (χ4v) is 3.21. The number of likely N-dealkylation sites (tertiary alicyclic amines) is 1. The Morgan fingerprint density at radius 2 is 2.13 bits per heavy atom. The maximum absolute atomic E-state index is 12.5. The van der Waals surface area contributed by atoms with Gasteiger partial charge in [-0.25, -0.2) is 4.79 Å². The van der Waals surface area contributed by atoms with Gasteiger partial charge in [0.25, 0.3) is 0 Å². The molecule has 2 aliphatic heterocycles. The fourth-order valence-electron chi connectivity index (χ4n) is 3.21. The smallest absolute Gasteiger partial charge is 0.321 e. The van der Waals surface area contributed by atoms with Crippen LogP contribution in [0.5, 0.6) is 5.75 Å². The van der Waals surface area contributed by atoms with Crippen LogP contribution in [0.15, 0.2) is 30.4 Å². The van der Waals surface area contributed by atoms with E-state index < -0.39 is 0 Å². The van der Waals surface area contributed by atoms with E-state index in [4.69, 9.17) is 4.74 Å². The third-order valence-corrected chi connectivity index (χ3v) is 4.55. The molecule has 2 heterocycles. The van der Waals surface area contributed by atoms with Gasteiger partial charge in [-0.3, -0.25) is 4.90 Å². The minimum atomic E-state index is -0.0223. The number of carbonyl (C=O) groups is 1. The summed E-state index contributed by atoms with van der Waals surface area (Å²) >= 11 is 0. The normalized spacial score (nSPS) is 21.0. The average Bonchev–Trinajstić information content (AvgIpc) is 3.21. The van der Waals surface area contributed by atoms with Gasteiger partial charge in [0.15, 0.2) is 0 Å². The summed E-state index contributed by atoms with van der Waals surface area (Å²) in [6.07, 6.45) is 5.45. The Hall–Kier alpha value is -2.01. The van der Waals surface area contributed by atoms with Gasteiger partial charge in [0, 0.05) is 44.0 Å². The average molecular weight is 315 g/mol. The van der Waals surface area contributed by atoms with E-state index in [1.807, 2.05) is 36.9 Å². The maximum Gasteiger partial charge on any atom is 0.321 e. The van der Waals surface area contributed by atoms with Crippen molar-refractivity contribution >= 4 is 11.7 Å². The lowest BCUT2D eigenvalue weighted by Gasteiger charge is -2.23. The first kappa shape index (κ1) is 15.9. The lowest BCUT2D eigenvalue weighted by Crippen LogP contribution is -2.38. The van der Waals surface area contributed by atoms with Crippen LogP contribution in [-0.2, 0) is 0 Å². The van der Waals surface area contributed by atoms with E-state index in [1.54, 1.807) is 0 Å². The van der Waals surface area contributed by atoms with Crippen molar-refractivity contribution in [1.82, 2.24) is 9.80 Å². The molecule has 0 aromatic heterocycles. The molecule has 0 radical (unpaired) electrons. The van der Waals surface area contributed by atoms with Crippen molar-refractivity contribution in [1.29, 1.82) is 0 Å². The van der Waals surface area contributed by atoms with Crippen molar-refractivity contribution in [2.24, 2.45) is 0 Å². The molecule has 0 aliphatic carbocycles. The number of anilines is 1. The number of carbonyl (C=O) groups excluding carboxylic acids is 1. The number of urea groups is 1. The quantitative estimate of drug-likeness (QED) is 0.869. The predicted molar refractivity (Wildman–Crippen MR) is 92.1 cm³/mol. The van der Waals surface area contributed by atoms with Gasteiger partial charge in [-0.1, -0.05) is 18.2 Å². The molecule has 0 saturated carbocycles. The van der Waals surface area contributed by atoms with Crippen LogP contribution in [0.4, 0.5) is 10.5 Å². The Balaban J connectivity index is 1.58.